The zero-order valence-electron chi connectivity index (χ0n) is 20.2. The molecule has 1 saturated heterocycles. The van der Waals surface area contributed by atoms with Gasteiger partial charge < -0.3 is 25.7 Å². The summed E-state index contributed by atoms with van der Waals surface area (Å²) in [6, 6.07) is -3.13. The number of nitrogens with one attached hydrogen (secondary N) is 1. The third-order valence-electron chi connectivity index (χ3n) is 4.88. The van der Waals surface area contributed by atoms with Crippen LogP contribution in [-0.2, 0) is 46.1 Å². The van der Waals surface area contributed by atoms with Crippen LogP contribution in [0.4, 0.5) is 5.13 Å². The monoisotopic (exact) mass is 607 g/mol. The summed E-state index contributed by atoms with van der Waals surface area (Å²) in [5.41, 5.74) is 3.02. The molecule has 39 heavy (non-hydrogen) atoms. The third-order valence-corrected chi connectivity index (χ3v) is 7.49. The van der Waals surface area contributed by atoms with Gasteiger partial charge in [0.15, 0.2) is 10.8 Å². The zero-order valence-corrected chi connectivity index (χ0v) is 22.7. The van der Waals surface area contributed by atoms with E-state index < -0.39 is 64.1 Å². The minimum atomic E-state index is -5.08. The number of thiazole rings is 1. The number of aryl methyl sites for hydroxylation is 1. The molecule has 0 aliphatic carbocycles. The number of hydrogen-bond donors (Lipinski definition) is 4. The number of carbonyl (C=O) groups excluding carboxylic acids is 3. The number of β-lactam (4-membered cyclic amide) rings is 1. The van der Waals surface area contributed by atoms with Crippen LogP contribution in [-0.4, -0.2) is 107 Å². The second-order valence-corrected chi connectivity index (χ2v) is 11.2. The lowest BCUT2D eigenvalue weighted by Crippen LogP contribution is -2.73. The lowest BCUT2D eigenvalue weighted by molar-refractivity contribution is -0.161. The molecule has 0 bridgehead atoms. The van der Waals surface area contributed by atoms with E-state index in [4.69, 9.17) is 15.3 Å². The van der Waals surface area contributed by atoms with Gasteiger partial charge in [0.1, 0.15) is 24.4 Å². The first-order chi connectivity index (χ1) is 18.1. The molecule has 0 unspecified atom stereocenters. The maximum atomic E-state index is 13.0. The average Bonchev–Trinajstić information content (AvgIpc) is 3.45. The maximum Gasteiger partial charge on any atom is 0.362 e. The first-order valence-corrected chi connectivity index (χ1v) is 13.7. The first kappa shape index (κ1) is 29.7. The summed E-state index contributed by atoms with van der Waals surface area (Å²) in [6.07, 6.45) is 0. The van der Waals surface area contributed by atoms with E-state index in [1.54, 1.807) is 0 Å². The lowest BCUT2D eigenvalue weighted by Gasteiger charge is -2.43. The predicted molar refractivity (Wildman–Crippen MR) is 130 cm³/mol. The van der Waals surface area contributed by atoms with E-state index in [1.807, 2.05) is 0 Å². The molecule has 2 amide bonds. The molecule has 5 N–H and O–H groups in total. The Morgan fingerprint density at radius 3 is 2.59 bits per heavy atom. The van der Waals surface area contributed by atoms with Gasteiger partial charge in [0.05, 0.1) is 5.75 Å². The molecule has 212 valence electrons. The quantitative estimate of drug-likeness (QED) is 0.0491. The maximum absolute atomic E-state index is 13.0. The summed E-state index contributed by atoms with van der Waals surface area (Å²) >= 11 is 1.84. The van der Waals surface area contributed by atoms with Crippen LogP contribution in [0.25, 0.3) is 0 Å². The van der Waals surface area contributed by atoms with Crippen molar-refractivity contribution in [3.8, 4) is 0 Å². The molecular weight excluding hydrogens is 586 g/mol. The van der Waals surface area contributed by atoms with Crippen LogP contribution in [0.5, 0.6) is 0 Å². The van der Waals surface area contributed by atoms with Crippen molar-refractivity contribution in [1.82, 2.24) is 34.8 Å². The van der Waals surface area contributed by atoms with Crippen molar-refractivity contribution in [1.29, 1.82) is 0 Å². The standard InChI is InChI=1S/C17H21N9O10S3/c1-17(2,14(30)31)36-22-10(7-5-37-15(18)19-7)12(28)20-11-8(26(13(11)29)39(32,33)34)4-35-9(27)6-38-16-21-23-24-25(16)3/h5,8,11H,4,6H2,1-3H3,(H2,18,19)(H,20,28)(H,30,31)(H,32,33,34)/b22-10+/t8-,11+/m0/s1. The number of ether oxygens (including phenoxy) is 1. The van der Waals surface area contributed by atoms with Gasteiger partial charge >= 0.3 is 22.2 Å². The van der Waals surface area contributed by atoms with Crippen molar-refractivity contribution in [3.05, 3.63) is 11.1 Å². The van der Waals surface area contributed by atoms with Crippen molar-refractivity contribution in [2.24, 2.45) is 12.2 Å². The number of nitrogens with two attached hydrogens (primary N) is 1. The number of aliphatic carboxylic acids is 1. The molecule has 2 aromatic heterocycles. The number of carboxylic acid groups (broad SMARTS) is 1. The number of carboxylic acids is 1. The molecule has 0 aromatic carbocycles. The molecule has 3 heterocycles. The van der Waals surface area contributed by atoms with Crippen molar-refractivity contribution in [2.45, 2.75) is 36.7 Å². The number of thioether (sulfide) groups is 1. The fraction of sp³-hybridized carbons (Fsp3) is 0.471. The summed E-state index contributed by atoms with van der Waals surface area (Å²) in [4.78, 5) is 57.9. The van der Waals surface area contributed by atoms with E-state index in [2.05, 4.69) is 31.0 Å². The largest absolute Gasteiger partial charge is 0.478 e. The van der Waals surface area contributed by atoms with Crippen molar-refractivity contribution in [2.75, 3.05) is 18.1 Å². The Hall–Kier alpha value is -3.89. The van der Waals surface area contributed by atoms with Gasteiger partial charge in [-0.05, 0) is 24.3 Å². The van der Waals surface area contributed by atoms with Gasteiger partial charge in [0.2, 0.25) is 10.8 Å². The van der Waals surface area contributed by atoms with Crippen LogP contribution in [0, 0.1) is 0 Å². The number of nitrogens with zero attached hydrogens (tertiary/aromatic N) is 7. The van der Waals surface area contributed by atoms with E-state index in [9.17, 15) is 37.3 Å². The number of oxime groups is 1. The van der Waals surface area contributed by atoms with Gasteiger partial charge in [0, 0.05) is 12.4 Å². The first-order valence-electron chi connectivity index (χ1n) is 10.4. The van der Waals surface area contributed by atoms with Gasteiger partial charge in [-0.1, -0.05) is 16.9 Å². The van der Waals surface area contributed by atoms with Gasteiger partial charge in [-0.15, -0.1) is 16.4 Å². The Bertz CT molecular complexity index is 1420. The number of hydrogen-bond acceptors (Lipinski definition) is 16. The van der Waals surface area contributed by atoms with Crippen molar-refractivity contribution >= 4 is 68.0 Å². The van der Waals surface area contributed by atoms with Crippen LogP contribution in [0.1, 0.15) is 19.5 Å². The molecule has 0 saturated carbocycles. The molecule has 0 radical (unpaired) electrons. The molecule has 1 aliphatic heterocycles. The highest BCUT2D eigenvalue weighted by atomic mass is 32.2. The van der Waals surface area contributed by atoms with Crippen LogP contribution < -0.4 is 11.1 Å². The molecule has 3 rings (SSSR count). The summed E-state index contributed by atoms with van der Waals surface area (Å²) in [5.74, 6) is -4.90. The highest BCUT2D eigenvalue weighted by molar-refractivity contribution is 7.99. The van der Waals surface area contributed by atoms with Crippen LogP contribution in [0.15, 0.2) is 15.7 Å². The summed E-state index contributed by atoms with van der Waals surface area (Å²) < 4.78 is 39.2. The minimum absolute atomic E-state index is 0.0278. The van der Waals surface area contributed by atoms with E-state index in [-0.39, 0.29) is 20.9 Å². The second-order valence-electron chi connectivity index (χ2n) is 8.10. The Labute approximate surface area is 227 Å². The van der Waals surface area contributed by atoms with Crippen molar-refractivity contribution < 1.29 is 46.8 Å². The molecule has 19 nitrogen and oxygen atoms in total. The van der Waals surface area contributed by atoms with Crippen molar-refractivity contribution in [3.63, 3.8) is 0 Å². The van der Waals surface area contributed by atoms with Crippen LogP contribution in [0.2, 0.25) is 0 Å². The van der Waals surface area contributed by atoms with E-state index in [0.717, 1.165) is 36.9 Å². The number of anilines is 1. The second kappa shape index (κ2) is 11.5. The van der Waals surface area contributed by atoms with E-state index in [1.165, 1.54) is 17.1 Å². The fourth-order valence-electron chi connectivity index (χ4n) is 2.82. The SMILES string of the molecule is Cn1nnnc1SCC(=O)OC[C@H]1[C@@H](NC(=O)/C(=N/OC(C)(C)C(=O)O)c2csc(N)n2)C(=O)N1S(=O)(=O)O. The number of rotatable bonds is 12. The summed E-state index contributed by atoms with van der Waals surface area (Å²) in [7, 11) is -3.55. The van der Waals surface area contributed by atoms with Gasteiger partial charge in [-0.2, -0.15) is 8.42 Å². The van der Waals surface area contributed by atoms with E-state index >= 15 is 0 Å². The molecule has 1 aliphatic rings. The molecule has 22 heteroatoms. The van der Waals surface area contributed by atoms with Gasteiger partial charge in [-0.25, -0.2) is 18.8 Å². The highest BCUT2D eigenvalue weighted by Gasteiger charge is 2.55. The van der Waals surface area contributed by atoms with Crippen LogP contribution >= 0.6 is 23.1 Å². The third kappa shape index (κ3) is 6.96. The Morgan fingerprint density at radius 2 is 2.05 bits per heavy atom. The van der Waals surface area contributed by atoms with E-state index in [0.29, 0.717) is 5.16 Å². The van der Waals surface area contributed by atoms with Gasteiger partial charge in [-0.3, -0.25) is 18.9 Å². The fourth-order valence-corrected chi connectivity index (χ4v) is 4.88. The molecule has 2 atom stereocenters. The lowest BCUT2D eigenvalue weighted by atomic mass is 9.99. The Balaban J connectivity index is 1.76. The highest BCUT2D eigenvalue weighted by Crippen LogP contribution is 2.25. The number of amides is 2. The minimum Gasteiger partial charge on any atom is -0.478 e. The summed E-state index contributed by atoms with van der Waals surface area (Å²) in [5, 5.41) is 27.3. The Morgan fingerprint density at radius 1 is 1.36 bits per heavy atom. The smallest absolute Gasteiger partial charge is 0.362 e. The molecular formula is C17H21N9O10S3. The Kier molecular flexibility index (Phi) is 8.72. The molecule has 2 aromatic rings. The number of carbonyl (C=O) groups is 4. The van der Waals surface area contributed by atoms with Gasteiger partial charge in [0.25, 0.3) is 11.8 Å². The number of tetrazole rings is 1. The number of aromatic nitrogens is 5. The number of nitrogen functional groups attached to an aromatic ring is 1. The van der Waals surface area contributed by atoms with Crippen LogP contribution in [0.3, 0.4) is 0 Å². The normalized spacial score (nSPS) is 17.9. The zero-order chi connectivity index (χ0) is 29.1. The number of esters is 1. The topological polar surface area (TPSA) is 271 Å². The predicted octanol–water partition coefficient (Wildman–Crippen LogP) is -2.33. The average molecular weight is 608 g/mol. The molecule has 0 spiro atoms. The molecule has 1 fully saturated rings. The summed E-state index contributed by atoms with van der Waals surface area (Å²) in [6.45, 7) is 1.59.